The van der Waals surface area contributed by atoms with E-state index in [0.29, 0.717) is 13.0 Å². The highest BCUT2D eigenvalue weighted by molar-refractivity contribution is 5.71. The third kappa shape index (κ3) is 10.2. The normalized spacial score (nSPS) is 14.6. The second-order valence-electron chi connectivity index (χ2n) is 10.5. The number of hydrogen-bond donors (Lipinski definition) is 1. The van der Waals surface area contributed by atoms with Gasteiger partial charge in [-0.3, -0.25) is 0 Å². The lowest BCUT2D eigenvalue weighted by atomic mass is 9.79. The molecule has 0 aromatic rings. The Morgan fingerprint density at radius 2 is 1.28 bits per heavy atom. The third-order valence-corrected chi connectivity index (χ3v) is 4.44. The monoisotopic (exact) mass is 359 g/mol. The van der Waals surface area contributed by atoms with Gasteiger partial charge in [-0.05, 0) is 60.8 Å². The first kappa shape index (κ1) is 24.4. The molecule has 150 valence electrons. The Hall–Kier alpha value is -0.650. The van der Waals surface area contributed by atoms with Gasteiger partial charge in [0.05, 0.1) is 17.8 Å². The highest BCUT2D eigenvalue weighted by atomic mass is 16.6. The molecule has 0 rings (SSSR count). The zero-order valence-corrected chi connectivity index (χ0v) is 18.3. The lowest BCUT2D eigenvalue weighted by molar-refractivity contribution is -0.179. The summed E-state index contributed by atoms with van der Waals surface area (Å²) in [5.74, 6) is -0.391. The maximum absolute atomic E-state index is 12.1. The van der Waals surface area contributed by atoms with Crippen LogP contribution in [-0.4, -0.2) is 41.5 Å². The number of carbonyl (C=O) groups is 1. The quantitative estimate of drug-likeness (QED) is 0.628. The molecular formula is C20H41NO4. The van der Waals surface area contributed by atoms with Crippen LogP contribution in [0.4, 0.5) is 0 Å². The van der Waals surface area contributed by atoms with Crippen LogP contribution in [0.25, 0.3) is 0 Å². The minimum Gasteiger partial charge on any atom is -0.458 e. The molecule has 0 atom stereocenters. The Bertz CT molecular complexity index is 440. The number of carbonyl (C=O) groups excluding carboxylic acids is 1. The largest absolute Gasteiger partial charge is 0.458 e. The summed E-state index contributed by atoms with van der Waals surface area (Å²) in [7, 11) is 0. The molecule has 25 heavy (non-hydrogen) atoms. The zero-order valence-electron chi connectivity index (χ0n) is 18.3. The van der Waals surface area contributed by atoms with Gasteiger partial charge < -0.3 is 19.9 Å². The molecule has 0 spiro atoms. The summed E-state index contributed by atoms with van der Waals surface area (Å²) in [4.78, 5) is 12.1. The Morgan fingerprint density at radius 3 is 1.68 bits per heavy atom. The van der Waals surface area contributed by atoms with Crippen molar-refractivity contribution < 1.29 is 19.0 Å². The van der Waals surface area contributed by atoms with Crippen molar-refractivity contribution in [3.63, 3.8) is 0 Å². The molecule has 5 nitrogen and oxygen atoms in total. The average molecular weight is 360 g/mol. The van der Waals surface area contributed by atoms with E-state index in [2.05, 4.69) is 34.6 Å². The van der Waals surface area contributed by atoms with Crippen molar-refractivity contribution in [3.8, 4) is 0 Å². The molecule has 0 aliphatic rings. The zero-order chi connectivity index (χ0) is 20.3. The lowest BCUT2D eigenvalue weighted by Crippen LogP contribution is -2.45. The van der Waals surface area contributed by atoms with Crippen molar-refractivity contribution in [1.29, 1.82) is 0 Å². The topological polar surface area (TPSA) is 70.8 Å². The maximum atomic E-state index is 12.1. The Labute approximate surface area is 155 Å². The van der Waals surface area contributed by atoms with Crippen LogP contribution in [0.2, 0.25) is 0 Å². The van der Waals surface area contributed by atoms with E-state index in [9.17, 15) is 4.79 Å². The molecule has 0 radical (unpaired) electrons. The van der Waals surface area contributed by atoms with Crippen molar-refractivity contribution >= 4 is 5.97 Å². The van der Waals surface area contributed by atoms with Gasteiger partial charge in [0, 0.05) is 12.0 Å². The molecule has 0 saturated heterocycles. The van der Waals surface area contributed by atoms with E-state index in [1.54, 1.807) is 0 Å². The summed E-state index contributed by atoms with van der Waals surface area (Å²) in [6.07, 6.45) is 0.567. The highest BCUT2D eigenvalue weighted by Crippen LogP contribution is 2.33. The fourth-order valence-electron chi connectivity index (χ4n) is 2.34. The van der Waals surface area contributed by atoms with Crippen molar-refractivity contribution in [1.82, 2.24) is 0 Å². The summed E-state index contributed by atoms with van der Waals surface area (Å²) in [6, 6.07) is 0. The first-order valence-electron chi connectivity index (χ1n) is 9.05. The van der Waals surface area contributed by atoms with Crippen molar-refractivity contribution in [2.45, 2.75) is 105 Å². The Balaban J connectivity index is 4.52. The van der Waals surface area contributed by atoms with E-state index in [0.717, 1.165) is 0 Å². The van der Waals surface area contributed by atoms with E-state index in [1.165, 1.54) is 0 Å². The molecule has 5 heteroatoms. The van der Waals surface area contributed by atoms with Gasteiger partial charge in [-0.25, -0.2) is 4.79 Å². The van der Waals surface area contributed by atoms with Crippen LogP contribution in [0.1, 0.15) is 82.6 Å². The number of esters is 1. The summed E-state index contributed by atoms with van der Waals surface area (Å²) in [5, 5.41) is 0. The van der Waals surface area contributed by atoms with Gasteiger partial charge >= 0.3 is 5.97 Å². The molecule has 2 N–H and O–H groups in total. The lowest BCUT2D eigenvalue weighted by Gasteiger charge is -2.41. The van der Waals surface area contributed by atoms with Gasteiger partial charge in [-0.15, -0.1) is 0 Å². The van der Waals surface area contributed by atoms with Crippen LogP contribution >= 0.6 is 0 Å². The maximum Gasteiger partial charge on any atom is 0.332 e. The fourth-order valence-corrected chi connectivity index (χ4v) is 2.34. The molecule has 0 fully saturated rings. The van der Waals surface area contributed by atoms with E-state index in [-0.39, 0.29) is 17.6 Å². The molecule has 0 bridgehead atoms. The third-order valence-electron chi connectivity index (χ3n) is 4.44. The van der Waals surface area contributed by atoms with Gasteiger partial charge in [-0.1, -0.05) is 20.8 Å². The van der Waals surface area contributed by atoms with Crippen molar-refractivity contribution in [3.05, 3.63) is 0 Å². The van der Waals surface area contributed by atoms with Crippen LogP contribution < -0.4 is 5.73 Å². The number of hydrogen-bond acceptors (Lipinski definition) is 5. The predicted molar refractivity (Wildman–Crippen MR) is 103 cm³/mol. The molecule has 0 amide bonds. The van der Waals surface area contributed by atoms with Gasteiger partial charge in [-0.2, -0.15) is 0 Å². The van der Waals surface area contributed by atoms with Crippen LogP contribution in [0.3, 0.4) is 0 Å². The summed E-state index contributed by atoms with van der Waals surface area (Å²) >= 11 is 0. The minimum absolute atomic E-state index is 0.00105. The summed E-state index contributed by atoms with van der Waals surface area (Å²) < 4.78 is 17.3. The molecule has 0 aromatic heterocycles. The summed E-state index contributed by atoms with van der Waals surface area (Å²) in [6.45, 7) is 22.2. The van der Waals surface area contributed by atoms with Gasteiger partial charge in [0.25, 0.3) is 0 Å². The van der Waals surface area contributed by atoms with Crippen LogP contribution in [0.15, 0.2) is 0 Å². The van der Waals surface area contributed by atoms with Gasteiger partial charge in [0.15, 0.2) is 0 Å². The molecular weight excluding hydrogens is 318 g/mol. The average Bonchev–Trinajstić information content (AvgIpc) is 2.29. The highest BCUT2D eigenvalue weighted by Gasteiger charge is 2.36. The minimum atomic E-state index is -0.631. The fraction of sp³-hybridized carbons (Fsp3) is 0.950. The van der Waals surface area contributed by atoms with E-state index < -0.39 is 22.7 Å². The molecule has 0 aliphatic carbocycles. The Morgan fingerprint density at radius 1 is 0.800 bits per heavy atom. The molecule has 0 aliphatic heterocycles. The SMILES string of the molecule is CC(C)(N)CC(C)(C)OC(=O)COC(C)(C)COC(C)(C)C(C)(C)C. The van der Waals surface area contributed by atoms with Crippen molar-refractivity contribution in [2.75, 3.05) is 13.2 Å². The van der Waals surface area contributed by atoms with Crippen LogP contribution in [0, 0.1) is 5.41 Å². The van der Waals surface area contributed by atoms with E-state index >= 15 is 0 Å². The van der Waals surface area contributed by atoms with Crippen LogP contribution in [-0.2, 0) is 19.0 Å². The van der Waals surface area contributed by atoms with Crippen molar-refractivity contribution in [2.24, 2.45) is 11.1 Å². The van der Waals surface area contributed by atoms with E-state index in [4.69, 9.17) is 19.9 Å². The number of nitrogens with two attached hydrogens (primary N) is 1. The molecule has 0 heterocycles. The smallest absolute Gasteiger partial charge is 0.332 e. The number of rotatable bonds is 9. The molecule has 0 unspecified atom stereocenters. The predicted octanol–water partition coefficient (Wildman–Crippen LogP) is 4.07. The Kier molecular flexibility index (Phi) is 7.72. The first-order chi connectivity index (χ1) is 10.8. The molecule has 0 aromatic carbocycles. The molecule has 0 saturated carbocycles. The standard InChI is InChI=1S/C20H41NO4/c1-16(2,3)20(10,11)24-14-19(8,9)23-12-15(22)25-18(6,7)13-17(4,5)21/h12-14,21H2,1-11H3. The van der Waals surface area contributed by atoms with Gasteiger partial charge in [0.1, 0.15) is 12.2 Å². The summed E-state index contributed by atoms with van der Waals surface area (Å²) in [5.41, 5.74) is 4.09. The number of ether oxygens (including phenoxy) is 3. The second kappa shape index (κ2) is 7.93. The van der Waals surface area contributed by atoms with Crippen LogP contribution in [0.5, 0.6) is 0 Å². The second-order valence-corrected chi connectivity index (χ2v) is 10.5. The van der Waals surface area contributed by atoms with Gasteiger partial charge in [0.2, 0.25) is 0 Å². The van der Waals surface area contributed by atoms with E-state index in [1.807, 2.05) is 41.5 Å². The first-order valence-corrected chi connectivity index (χ1v) is 9.05.